The van der Waals surface area contributed by atoms with Crippen molar-refractivity contribution in [3.05, 3.63) is 59.7 Å². The molecule has 0 saturated heterocycles. The molecule has 3 atom stereocenters. The summed E-state index contributed by atoms with van der Waals surface area (Å²) in [5.74, 6) is -2.08. The summed E-state index contributed by atoms with van der Waals surface area (Å²) in [6, 6.07) is 10.3. The maximum Gasteiger partial charge on any atom is 0.413 e. The third-order valence-electron chi connectivity index (χ3n) is 6.62. The first-order valence-electron chi connectivity index (χ1n) is 11.8. The molecule has 3 rings (SSSR count). The monoisotopic (exact) mass is 518 g/mol. The van der Waals surface area contributed by atoms with E-state index in [1.165, 1.54) is 38.1 Å². The SMILES string of the molecule is CC(C(N)=O)c1ccc(-c2ccc([C@H](N(C(=O)[C@@H](N)CC(C)(C)F)C3(C#N)CC3)C(F)(F)F)cc2)cc1. The molecule has 2 amide bonds. The van der Waals surface area contributed by atoms with Crippen molar-refractivity contribution in [1.82, 2.24) is 4.90 Å². The smallest absolute Gasteiger partial charge is 0.369 e. The fraction of sp³-hybridized carbons (Fsp3) is 0.444. The van der Waals surface area contributed by atoms with Crippen LogP contribution in [0.25, 0.3) is 11.1 Å². The topological polar surface area (TPSA) is 113 Å². The Morgan fingerprint density at radius 1 is 1.00 bits per heavy atom. The molecule has 0 heterocycles. The first-order valence-corrected chi connectivity index (χ1v) is 11.8. The van der Waals surface area contributed by atoms with Crippen LogP contribution in [0.3, 0.4) is 0 Å². The Balaban J connectivity index is 1.98. The predicted octanol–water partition coefficient (Wildman–Crippen LogP) is 4.90. The Morgan fingerprint density at radius 3 is 1.81 bits per heavy atom. The van der Waals surface area contributed by atoms with Gasteiger partial charge in [0.15, 0.2) is 6.04 Å². The second kappa shape index (κ2) is 10.1. The van der Waals surface area contributed by atoms with Crippen molar-refractivity contribution in [2.75, 3.05) is 0 Å². The third kappa shape index (κ3) is 6.28. The predicted molar refractivity (Wildman–Crippen MR) is 130 cm³/mol. The number of primary amides is 1. The summed E-state index contributed by atoms with van der Waals surface area (Å²) in [6.45, 7) is 4.04. The summed E-state index contributed by atoms with van der Waals surface area (Å²) in [5, 5.41) is 9.69. The molecule has 0 aromatic heterocycles. The normalized spacial score (nSPS) is 17.3. The highest BCUT2D eigenvalue weighted by Crippen LogP contribution is 2.50. The van der Waals surface area contributed by atoms with Crippen molar-refractivity contribution in [2.24, 2.45) is 11.5 Å². The van der Waals surface area contributed by atoms with Gasteiger partial charge in [-0.2, -0.15) is 18.4 Å². The van der Waals surface area contributed by atoms with Crippen LogP contribution in [-0.4, -0.2) is 40.1 Å². The summed E-state index contributed by atoms with van der Waals surface area (Å²) in [5.41, 5.74) is 9.43. The highest BCUT2D eigenvalue weighted by molar-refractivity contribution is 5.84. The van der Waals surface area contributed by atoms with Gasteiger partial charge in [-0.25, -0.2) is 4.39 Å². The maximum atomic E-state index is 14.5. The van der Waals surface area contributed by atoms with E-state index >= 15 is 0 Å². The molecule has 0 bridgehead atoms. The van der Waals surface area contributed by atoms with Gasteiger partial charge in [-0.3, -0.25) is 9.59 Å². The number of benzene rings is 2. The van der Waals surface area contributed by atoms with Gasteiger partial charge in [-0.05, 0) is 55.9 Å². The number of halogens is 4. The molecule has 1 aliphatic rings. The number of amides is 2. The van der Waals surface area contributed by atoms with Crippen LogP contribution in [0.15, 0.2) is 48.5 Å². The van der Waals surface area contributed by atoms with E-state index in [0.29, 0.717) is 21.6 Å². The quantitative estimate of drug-likeness (QED) is 0.460. The number of nitrogens with two attached hydrogens (primary N) is 2. The van der Waals surface area contributed by atoms with Crippen LogP contribution in [0, 0.1) is 11.3 Å². The minimum absolute atomic E-state index is 0.0711. The number of hydrogen-bond donors (Lipinski definition) is 2. The molecule has 10 heteroatoms. The molecule has 0 radical (unpaired) electrons. The Bertz CT molecular complexity index is 1180. The zero-order chi connectivity index (χ0) is 27.8. The minimum Gasteiger partial charge on any atom is -0.369 e. The first kappa shape index (κ1) is 28.1. The molecule has 2 aromatic carbocycles. The van der Waals surface area contributed by atoms with Gasteiger partial charge < -0.3 is 16.4 Å². The lowest BCUT2D eigenvalue weighted by atomic mass is 9.94. The molecule has 37 heavy (non-hydrogen) atoms. The molecule has 2 aromatic rings. The largest absolute Gasteiger partial charge is 0.413 e. The number of hydrogen-bond acceptors (Lipinski definition) is 4. The van der Waals surface area contributed by atoms with Crippen molar-refractivity contribution >= 4 is 11.8 Å². The first-order chi connectivity index (χ1) is 17.1. The summed E-state index contributed by atoms with van der Waals surface area (Å²) in [6.07, 6.45) is -5.26. The van der Waals surface area contributed by atoms with Crippen molar-refractivity contribution in [1.29, 1.82) is 5.26 Å². The van der Waals surface area contributed by atoms with E-state index in [4.69, 9.17) is 11.5 Å². The van der Waals surface area contributed by atoms with Gasteiger partial charge in [-0.1, -0.05) is 48.5 Å². The minimum atomic E-state index is -4.92. The molecule has 1 saturated carbocycles. The van der Waals surface area contributed by atoms with Gasteiger partial charge in [0.25, 0.3) is 0 Å². The number of carbonyl (C=O) groups excluding carboxylic acids is 2. The average Bonchev–Trinajstić information content (AvgIpc) is 3.61. The Labute approximate surface area is 213 Å². The van der Waals surface area contributed by atoms with Crippen LogP contribution in [0.2, 0.25) is 0 Å². The molecule has 0 spiro atoms. The van der Waals surface area contributed by atoms with Crippen LogP contribution >= 0.6 is 0 Å². The lowest BCUT2D eigenvalue weighted by molar-refractivity contribution is -0.198. The van der Waals surface area contributed by atoms with Crippen LogP contribution < -0.4 is 11.5 Å². The second-order valence-electron chi connectivity index (χ2n) is 10.2. The van der Waals surface area contributed by atoms with E-state index in [-0.39, 0.29) is 18.4 Å². The van der Waals surface area contributed by atoms with Crippen LogP contribution in [-0.2, 0) is 9.59 Å². The third-order valence-corrected chi connectivity index (χ3v) is 6.62. The van der Waals surface area contributed by atoms with Gasteiger partial charge in [0.1, 0.15) is 11.2 Å². The van der Waals surface area contributed by atoms with E-state index in [1.807, 2.05) is 6.07 Å². The Morgan fingerprint density at radius 2 is 1.46 bits per heavy atom. The van der Waals surface area contributed by atoms with Crippen LogP contribution in [0.4, 0.5) is 17.6 Å². The fourth-order valence-electron chi connectivity index (χ4n) is 4.37. The molecular formula is C27H30F4N4O2. The van der Waals surface area contributed by atoms with Crippen LogP contribution in [0.5, 0.6) is 0 Å². The molecule has 4 N–H and O–H groups in total. The van der Waals surface area contributed by atoms with Crippen molar-refractivity contribution in [2.45, 2.75) is 75.4 Å². The number of alkyl halides is 4. The zero-order valence-electron chi connectivity index (χ0n) is 20.8. The maximum absolute atomic E-state index is 14.5. The van der Waals surface area contributed by atoms with E-state index < -0.39 is 53.6 Å². The Kier molecular flexibility index (Phi) is 7.70. The number of carbonyl (C=O) groups is 2. The summed E-state index contributed by atoms with van der Waals surface area (Å²) in [7, 11) is 0. The van der Waals surface area contributed by atoms with E-state index in [9.17, 15) is 32.4 Å². The number of nitrogens with zero attached hydrogens (tertiary/aromatic N) is 2. The molecule has 198 valence electrons. The molecular weight excluding hydrogens is 488 g/mol. The molecule has 1 aliphatic carbocycles. The lowest BCUT2D eigenvalue weighted by Crippen LogP contribution is -2.55. The highest BCUT2D eigenvalue weighted by atomic mass is 19.4. The summed E-state index contributed by atoms with van der Waals surface area (Å²) < 4.78 is 57.6. The van der Waals surface area contributed by atoms with Gasteiger partial charge in [0.05, 0.1) is 18.0 Å². The zero-order valence-corrected chi connectivity index (χ0v) is 20.8. The number of nitriles is 1. The van der Waals surface area contributed by atoms with E-state index in [0.717, 1.165) is 0 Å². The van der Waals surface area contributed by atoms with Crippen molar-refractivity contribution in [3.63, 3.8) is 0 Å². The molecule has 0 aliphatic heterocycles. The molecule has 1 unspecified atom stereocenters. The second-order valence-corrected chi connectivity index (χ2v) is 10.2. The van der Waals surface area contributed by atoms with E-state index in [2.05, 4.69) is 0 Å². The van der Waals surface area contributed by atoms with E-state index in [1.54, 1.807) is 31.2 Å². The lowest BCUT2D eigenvalue weighted by Gasteiger charge is -2.38. The summed E-state index contributed by atoms with van der Waals surface area (Å²) in [4.78, 5) is 25.1. The average molecular weight is 519 g/mol. The summed E-state index contributed by atoms with van der Waals surface area (Å²) >= 11 is 0. The van der Waals surface area contributed by atoms with Crippen molar-refractivity contribution < 1.29 is 27.2 Å². The standard InChI is InChI=1S/C27H30F4N4O2/c1-16(23(34)36)17-4-6-18(7-5-17)19-8-10-20(11-9-19)22(27(29,30)31)35(26(15-32)12-13-26)24(37)21(33)14-25(2,3)28/h4-11,16,21-22H,12-14,33H2,1-3H3,(H2,34,36)/t16?,21-,22-/m0/s1. The number of rotatable bonds is 9. The fourth-order valence-corrected chi connectivity index (χ4v) is 4.37. The van der Waals surface area contributed by atoms with Gasteiger partial charge in [0, 0.05) is 6.42 Å². The van der Waals surface area contributed by atoms with Gasteiger partial charge in [0.2, 0.25) is 11.8 Å². The molecule has 1 fully saturated rings. The van der Waals surface area contributed by atoms with Crippen LogP contribution in [0.1, 0.15) is 63.1 Å². The van der Waals surface area contributed by atoms with Crippen molar-refractivity contribution in [3.8, 4) is 17.2 Å². The highest BCUT2D eigenvalue weighted by Gasteiger charge is 2.60. The van der Waals surface area contributed by atoms with Gasteiger partial charge >= 0.3 is 6.18 Å². The van der Waals surface area contributed by atoms with Gasteiger partial charge in [-0.15, -0.1) is 0 Å². The molecule has 6 nitrogen and oxygen atoms in total. The Hall–Kier alpha value is -3.45.